The predicted molar refractivity (Wildman–Crippen MR) is 69.3 cm³/mol. The number of amides is 1. The monoisotopic (exact) mass is 268 g/mol. The molecule has 5 nitrogen and oxygen atoms in total. The van der Waals surface area contributed by atoms with E-state index in [1.807, 2.05) is 6.92 Å². The van der Waals surface area contributed by atoms with E-state index in [0.29, 0.717) is 12.2 Å². The highest BCUT2D eigenvalue weighted by atomic mass is 32.2. The van der Waals surface area contributed by atoms with E-state index in [9.17, 15) is 13.2 Å². The van der Waals surface area contributed by atoms with E-state index in [4.69, 9.17) is 0 Å². The number of sulfone groups is 1. The van der Waals surface area contributed by atoms with E-state index < -0.39 is 21.0 Å². The lowest BCUT2D eigenvalue weighted by atomic mass is 10.2. The topological polar surface area (TPSA) is 75.3 Å². The van der Waals surface area contributed by atoms with Crippen LogP contribution in [0.15, 0.2) is 23.1 Å². The van der Waals surface area contributed by atoms with E-state index in [1.165, 1.54) is 0 Å². The summed E-state index contributed by atoms with van der Waals surface area (Å²) in [4.78, 5) is 12.1. The number of benzene rings is 1. The van der Waals surface area contributed by atoms with Gasteiger partial charge in [0.05, 0.1) is 10.6 Å². The summed E-state index contributed by atoms with van der Waals surface area (Å²) in [7, 11) is -1.85. The van der Waals surface area contributed by atoms with Gasteiger partial charge in [-0.15, -0.1) is 0 Å². The first-order valence-electron chi connectivity index (χ1n) is 5.77. The van der Waals surface area contributed by atoms with Crippen LogP contribution in [0.2, 0.25) is 0 Å². The van der Waals surface area contributed by atoms with Crippen molar-refractivity contribution in [1.29, 1.82) is 0 Å². The molecule has 0 radical (unpaired) electrons. The maximum atomic E-state index is 12.4. The molecule has 0 saturated carbocycles. The molecule has 0 aromatic heterocycles. The van der Waals surface area contributed by atoms with E-state index >= 15 is 0 Å². The number of hydrogen-bond donors (Lipinski definition) is 2. The Balaban J connectivity index is 2.48. The van der Waals surface area contributed by atoms with Gasteiger partial charge in [0, 0.05) is 0 Å². The molecule has 6 heteroatoms. The zero-order valence-electron chi connectivity index (χ0n) is 10.4. The van der Waals surface area contributed by atoms with E-state index in [2.05, 4.69) is 10.6 Å². The van der Waals surface area contributed by atoms with Crippen molar-refractivity contribution in [2.75, 3.05) is 18.9 Å². The molecule has 0 saturated heterocycles. The van der Waals surface area contributed by atoms with Crippen molar-refractivity contribution in [2.45, 2.75) is 23.5 Å². The van der Waals surface area contributed by atoms with E-state index in [1.54, 1.807) is 25.2 Å². The molecular weight excluding hydrogens is 252 g/mol. The average molecular weight is 268 g/mol. The standard InChI is InChI=1S/C12H16N2O3S/c1-8-3-4-9-11(7-8)18(16,17)10(5-6-13-2)12(15)14-9/h3-4,7,10,13H,5-6H2,1-2H3,(H,14,15). The molecule has 1 unspecified atom stereocenters. The molecule has 0 aliphatic carbocycles. The Morgan fingerprint density at radius 1 is 1.39 bits per heavy atom. The van der Waals surface area contributed by atoms with Gasteiger partial charge in [-0.3, -0.25) is 4.79 Å². The van der Waals surface area contributed by atoms with Crippen molar-refractivity contribution in [3.05, 3.63) is 23.8 Å². The lowest BCUT2D eigenvalue weighted by Gasteiger charge is -2.25. The molecule has 2 rings (SSSR count). The highest BCUT2D eigenvalue weighted by Gasteiger charge is 2.39. The Morgan fingerprint density at radius 3 is 2.78 bits per heavy atom. The van der Waals surface area contributed by atoms with Gasteiger partial charge in [0.15, 0.2) is 9.84 Å². The SMILES string of the molecule is CNCCC1C(=O)Nc2ccc(C)cc2S1(=O)=O. The fraction of sp³-hybridized carbons (Fsp3) is 0.417. The van der Waals surface area contributed by atoms with Crippen LogP contribution in [0.3, 0.4) is 0 Å². The fourth-order valence-electron chi connectivity index (χ4n) is 2.04. The molecule has 1 atom stereocenters. The molecular formula is C12H16N2O3S. The summed E-state index contributed by atoms with van der Waals surface area (Å²) in [5, 5.41) is 4.52. The number of carbonyl (C=O) groups excluding carboxylic acids is 1. The third-order valence-electron chi connectivity index (χ3n) is 3.03. The Kier molecular flexibility index (Phi) is 3.41. The highest BCUT2D eigenvalue weighted by molar-refractivity contribution is 7.93. The molecule has 1 aliphatic rings. The third-order valence-corrected chi connectivity index (χ3v) is 5.17. The number of anilines is 1. The molecule has 0 fully saturated rings. The van der Waals surface area contributed by atoms with E-state index in [0.717, 1.165) is 5.56 Å². The Labute approximate surface area is 107 Å². The van der Waals surface area contributed by atoms with Crippen LogP contribution < -0.4 is 10.6 Å². The normalized spacial score (nSPS) is 21.2. The van der Waals surface area contributed by atoms with Crippen LogP contribution in [0.1, 0.15) is 12.0 Å². The second kappa shape index (κ2) is 4.70. The summed E-state index contributed by atoms with van der Waals surface area (Å²) in [6, 6.07) is 5.02. The van der Waals surface area contributed by atoms with Gasteiger partial charge in [-0.25, -0.2) is 8.42 Å². The number of hydrogen-bond acceptors (Lipinski definition) is 4. The summed E-state index contributed by atoms with van der Waals surface area (Å²) in [5.74, 6) is -0.443. The third kappa shape index (κ3) is 2.13. The molecule has 0 bridgehead atoms. The van der Waals surface area contributed by atoms with Crippen LogP contribution in [0, 0.1) is 6.92 Å². The van der Waals surface area contributed by atoms with Gasteiger partial charge in [-0.05, 0) is 44.6 Å². The summed E-state index contributed by atoms with van der Waals surface area (Å²) < 4.78 is 24.8. The van der Waals surface area contributed by atoms with Gasteiger partial charge in [0.25, 0.3) is 0 Å². The van der Waals surface area contributed by atoms with Crippen LogP contribution in [-0.2, 0) is 14.6 Å². The predicted octanol–water partition coefficient (Wildman–Crippen LogP) is 0.699. The minimum absolute atomic E-state index is 0.225. The molecule has 1 aromatic rings. The maximum absolute atomic E-state index is 12.4. The molecule has 1 aliphatic heterocycles. The second-order valence-electron chi connectivity index (χ2n) is 4.41. The zero-order chi connectivity index (χ0) is 13.3. The van der Waals surface area contributed by atoms with Crippen molar-refractivity contribution in [3.8, 4) is 0 Å². The van der Waals surface area contributed by atoms with Crippen LogP contribution >= 0.6 is 0 Å². The highest BCUT2D eigenvalue weighted by Crippen LogP contribution is 2.32. The largest absolute Gasteiger partial charge is 0.324 e. The van der Waals surface area contributed by atoms with Crippen molar-refractivity contribution >= 4 is 21.4 Å². The van der Waals surface area contributed by atoms with Gasteiger partial charge in [-0.2, -0.15) is 0 Å². The first kappa shape index (κ1) is 13.0. The number of nitrogens with one attached hydrogen (secondary N) is 2. The lowest BCUT2D eigenvalue weighted by molar-refractivity contribution is -0.116. The Bertz CT molecular complexity index is 581. The maximum Gasteiger partial charge on any atom is 0.243 e. The molecule has 1 heterocycles. The fourth-order valence-corrected chi connectivity index (χ4v) is 3.89. The van der Waals surface area contributed by atoms with Gasteiger partial charge in [0.2, 0.25) is 5.91 Å². The first-order chi connectivity index (χ1) is 8.46. The second-order valence-corrected chi connectivity index (χ2v) is 6.51. The number of aryl methyl sites for hydroxylation is 1. The summed E-state index contributed by atoms with van der Waals surface area (Å²) in [6.07, 6.45) is 0.276. The van der Waals surface area contributed by atoms with Crippen molar-refractivity contribution in [1.82, 2.24) is 5.32 Å². The summed E-state index contributed by atoms with van der Waals surface area (Å²) in [6.45, 7) is 2.31. The van der Waals surface area contributed by atoms with Gasteiger partial charge in [0.1, 0.15) is 5.25 Å². The van der Waals surface area contributed by atoms with Crippen LogP contribution in [0.25, 0.3) is 0 Å². The van der Waals surface area contributed by atoms with Gasteiger partial charge in [-0.1, -0.05) is 6.07 Å². The quantitative estimate of drug-likeness (QED) is 0.846. The molecule has 2 N–H and O–H groups in total. The Morgan fingerprint density at radius 2 is 2.11 bits per heavy atom. The Hall–Kier alpha value is -1.40. The molecule has 0 spiro atoms. The molecule has 98 valence electrons. The molecule has 18 heavy (non-hydrogen) atoms. The van der Waals surface area contributed by atoms with Crippen molar-refractivity contribution in [2.24, 2.45) is 0 Å². The zero-order valence-corrected chi connectivity index (χ0v) is 11.2. The minimum Gasteiger partial charge on any atom is -0.324 e. The summed E-state index contributed by atoms with van der Waals surface area (Å²) in [5.41, 5.74) is 1.24. The van der Waals surface area contributed by atoms with Crippen molar-refractivity contribution in [3.63, 3.8) is 0 Å². The smallest absolute Gasteiger partial charge is 0.243 e. The minimum atomic E-state index is -3.58. The van der Waals surface area contributed by atoms with E-state index in [-0.39, 0.29) is 11.3 Å². The number of carbonyl (C=O) groups is 1. The van der Waals surface area contributed by atoms with Gasteiger partial charge >= 0.3 is 0 Å². The average Bonchev–Trinajstić information content (AvgIpc) is 2.30. The molecule has 1 amide bonds. The van der Waals surface area contributed by atoms with Crippen LogP contribution in [0.5, 0.6) is 0 Å². The lowest BCUT2D eigenvalue weighted by Crippen LogP contribution is -2.41. The first-order valence-corrected chi connectivity index (χ1v) is 7.31. The van der Waals surface area contributed by atoms with Crippen LogP contribution in [0.4, 0.5) is 5.69 Å². The number of fused-ring (bicyclic) bond motifs is 1. The molecule has 1 aromatic carbocycles. The number of rotatable bonds is 3. The van der Waals surface area contributed by atoms with Crippen molar-refractivity contribution < 1.29 is 13.2 Å². The van der Waals surface area contributed by atoms with Gasteiger partial charge < -0.3 is 10.6 Å². The van der Waals surface area contributed by atoms with Crippen LogP contribution in [-0.4, -0.2) is 33.2 Å². The summed E-state index contributed by atoms with van der Waals surface area (Å²) >= 11 is 0.